The molecular weight excluding hydrogens is 340 g/mol. The second-order valence-corrected chi connectivity index (χ2v) is 6.33. The molecule has 0 saturated carbocycles. The molecule has 0 bridgehead atoms. The summed E-state index contributed by atoms with van der Waals surface area (Å²) in [4.78, 5) is 26.6. The molecule has 24 heavy (non-hydrogen) atoms. The van der Waals surface area contributed by atoms with Crippen LogP contribution >= 0.6 is 0 Å². The van der Waals surface area contributed by atoms with Crippen molar-refractivity contribution in [2.45, 2.75) is 11.9 Å². The van der Waals surface area contributed by atoms with Crippen molar-refractivity contribution in [1.82, 2.24) is 20.1 Å². The number of carboxylic acid groups (broad SMARTS) is 1. The summed E-state index contributed by atoms with van der Waals surface area (Å²) >= 11 is 0. The van der Waals surface area contributed by atoms with Gasteiger partial charge in [0, 0.05) is 6.20 Å². The third-order valence-corrected chi connectivity index (χ3v) is 4.30. The Hall–Kier alpha value is -2.95. The predicted octanol–water partition coefficient (Wildman–Crippen LogP) is 0.443. The van der Waals surface area contributed by atoms with E-state index in [0.717, 1.165) is 10.9 Å². The van der Waals surface area contributed by atoms with Crippen LogP contribution in [0.4, 0.5) is 4.79 Å². The quantitative estimate of drug-likeness (QED) is 0.712. The van der Waals surface area contributed by atoms with E-state index in [-0.39, 0.29) is 18.0 Å². The molecule has 0 spiro atoms. The molecule has 0 unspecified atom stereocenters. The zero-order valence-corrected chi connectivity index (χ0v) is 13.4. The van der Waals surface area contributed by atoms with E-state index in [1.807, 2.05) is 0 Å². The van der Waals surface area contributed by atoms with Crippen molar-refractivity contribution in [3.8, 4) is 5.82 Å². The van der Waals surface area contributed by atoms with Crippen molar-refractivity contribution in [1.29, 1.82) is 0 Å². The van der Waals surface area contributed by atoms with Crippen molar-refractivity contribution in [3.05, 3.63) is 36.2 Å². The van der Waals surface area contributed by atoms with Gasteiger partial charge in [0.1, 0.15) is 11.4 Å². The number of amides is 1. The van der Waals surface area contributed by atoms with Gasteiger partial charge in [-0.25, -0.2) is 27.7 Å². The Balaban J connectivity index is 2.58. The summed E-state index contributed by atoms with van der Waals surface area (Å²) < 4.78 is 30.8. The van der Waals surface area contributed by atoms with E-state index >= 15 is 0 Å². The number of ether oxygens (including phenoxy) is 1. The van der Waals surface area contributed by atoms with Crippen molar-refractivity contribution in [2.75, 3.05) is 12.5 Å². The van der Waals surface area contributed by atoms with Gasteiger partial charge < -0.3 is 15.2 Å². The minimum absolute atomic E-state index is 0.0421. The van der Waals surface area contributed by atoms with E-state index in [9.17, 15) is 18.0 Å². The zero-order chi connectivity index (χ0) is 17.7. The van der Waals surface area contributed by atoms with Crippen LogP contribution in [0.5, 0.6) is 0 Å². The monoisotopic (exact) mass is 354 g/mol. The molecular formula is C13H14N4O6S. The lowest BCUT2D eigenvalue weighted by Gasteiger charge is -2.09. The summed E-state index contributed by atoms with van der Waals surface area (Å²) in [5.74, 6) is -1.65. The largest absolute Gasteiger partial charge is 0.465 e. The number of pyridine rings is 1. The Morgan fingerprint density at radius 2 is 2.12 bits per heavy atom. The van der Waals surface area contributed by atoms with Gasteiger partial charge in [0.05, 0.1) is 12.8 Å². The van der Waals surface area contributed by atoms with E-state index in [0.29, 0.717) is 0 Å². The molecule has 10 nitrogen and oxygen atoms in total. The molecule has 0 atom stereocenters. The number of esters is 1. The fourth-order valence-corrected chi connectivity index (χ4v) is 3.18. The molecule has 0 aliphatic carbocycles. The minimum Gasteiger partial charge on any atom is -0.465 e. The van der Waals surface area contributed by atoms with Gasteiger partial charge in [0.25, 0.3) is 0 Å². The maximum absolute atomic E-state index is 12.5. The number of hydrogen-bond donors (Lipinski definition) is 2. The van der Waals surface area contributed by atoms with Crippen molar-refractivity contribution < 1.29 is 27.9 Å². The standard InChI is InChI=1S/C13H14N4O6S/c1-2-23-12(18)9-7-16-17(10-5-3-4-6-14-10)11(9)24(21,22)8-15-13(19)20/h3-7,15H,2,8H2,1H3,(H,19,20). The summed E-state index contributed by atoms with van der Waals surface area (Å²) in [6.07, 6.45) is 0.952. The molecule has 0 fully saturated rings. The van der Waals surface area contributed by atoms with E-state index in [2.05, 4.69) is 10.1 Å². The van der Waals surface area contributed by atoms with Gasteiger partial charge in [-0.3, -0.25) is 0 Å². The van der Waals surface area contributed by atoms with Gasteiger partial charge in [-0.1, -0.05) is 6.07 Å². The highest BCUT2D eigenvalue weighted by Gasteiger charge is 2.30. The number of carbonyl (C=O) groups excluding carboxylic acids is 1. The molecule has 2 aromatic heterocycles. The topological polar surface area (TPSA) is 140 Å². The SMILES string of the molecule is CCOC(=O)c1cnn(-c2ccccn2)c1S(=O)(=O)CNC(=O)O. The lowest BCUT2D eigenvalue weighted by atomic mass is 10.4. The lowest BCUT2D eigenvalue weighted by molar-refractivity contribution is 0.0521. The first kappa shape index (κ1) is 17.4. The van der Waals surface area contributed by atoms with Crippen LogP contribution in [0, 0.1) is 0 Å². The predicted molar refractivity (Wildman–Crippen MR) is 80.5 cm³/mol. The van der Waals surface area contributed by atoms with Crippen LogP contribution in [0.1, 0.15) is 17.3 Å². The molecule has 0 aromatic carbocycles. The Morgan fingerprint density at radius 1 is 1.38 bits per heavy atom. The van der Waals surface area contributed by atoms with Crippen LogP contribution in [-0.2, 0) is 14.6 Å². The second-order valence-electron chi connectivity index (χ2n) is 4.42. The summed E-state index contributed by atoms with van der Waals surface area (Å²) in [6.45, 7) is 1.61. The van der Waals surface area contributed by atoms with Crippen LogP contribution in [-0.4, -0.2) is 52.8 Å². The maximum atomic E-state index is 12.5. The Bertz CT molecular complexity index is 847. The highest BCUT2D eigenvalue weighted by atomic mass is 32.2. The number of sulfone groups is 1. The van der Waals surface area contributed by atoms with Crippen molar-refractivity contribution in [3.63, 3.8) is 0 Å². The maximum Gasteiger partial charge on any atom is 0.405 e. The number of nitrogens with one attached hydrogen (secondary N) is 1. The fourth-order valence-electron chi connectivity index (χ4n) is 1.85. The molecule has 0 aliphatic heterocycles. The van der Waals surface area contributed by atoms with Gasteiger partial charge in [0.15, 0.2) is 10.8 Å². The van der Waals surface area contributed by atoms with E-state index in [4.69, 9.17) is 9.84 Å². The van der Waals surface area contributed by atoms with E-state index in [1.165, 1.54) is 12.3 Å². The summed E-state index contributed by atoms with van der Waals surface area (Å²) in [6, 6.07) is 4.73. The molecule has 0 aliphatic rings. The first-order chi connectivity index (χ1) is 11.4. The fraction of sp³-hybridized carbons (Fsp3) is 0.231. The van der Waals surface area contributed by atoms with Crippen LogP contribution < -0.4 is 5.32 Å². The molecule has 2 aromatic rings. The van der Waals surface area contributed by atoms with Gasteiger partial charge in [0.2, 0.25) is 9.84 Å². The first-order valence-electron chi connectivity index (χ1n) is 6.73. The third-order valence-electron chi connectivity index (χ3n) is 2.79. The number of carbonyl (C=O) groups is 2. The summed E-state index contributed by atoms with van der Waals surface area (Å²) in [7, 11) is -4.22. The molecule has 2 rings (SSSR count). The van der Waals surface area contributed by atoms with Gasteiger partial charge in [-0.05, 0) is 19.1 Å². The van der Waals surface area contributed by atoms with Gasteiger partial charge in [-0.15, -0.1) is 0 Å². The molecule has 1 amide bonds. The summed E-state index contributed by atoms with van der Waals surface area (Å²) in [5, 5.41) is 13.8. The van der Waals surface area contributed by atoms with E-state index in [1.54, 1.807) is 24.4 Å². The summed E-state index contributed by atoms with van der Waals surface area (Å²) in [5.41, 5.74) is -0.297. The normalized spacial score (nSPS) is 11.0. The van der Waals surface area contributed by atoms with Gasteiger partial charge in [-0.2, -0.15) is 5.10 Å². The second kappa shape index (κ2) is 7.08. The van der Waals surface area contributed by atoms with Crippen LogP contribution in [0.2, 0.25) is 0 Å². The average Bonchev–Trinajstić information content (AvgIpc) is 3.00. The van der Waals surface area contributed by atoms with Gasteiger partial charge >= 0.3 is 12.1 Å². The zero-order valence-electron chi connectivity index (χ0n) is 12.5. The van der Waals surface area contributed by atoms with Crippen LogP contribution in [0.15, 0.2) is 35.6 Å². The highest BCUT2D eigenvalue weighted by Crippen LogP contribution is 2.21. The molecule has 11 heteroatoms. The Morgan fingerprint density at radius 3 is 2.71 bits per heavy atom. The van der Waals surface area contributed by atoms with Crippen molar-refractivity contribution >= 4 is 21.9 Å². The molecule has 2 heterocycles. The number of rotatable bonds is 6. The number of aromatic nitrogens is 3. The van der Waals surface area contributed by atoms with Crippen LogP contribution in [0.25, 0.3) is 5.82 Å². The highest BCUT2D eigenvalue weighted by molar-refractivity contribution is 7.91. The molecule has 0 radical (unpaired) electrons. The molecule has 128 valence electrons. The lowest BCUT2D eigenvalue weighted by Crippen LogP contribution is -2.30. The van der Waals surface area contributed by atoms with Crippen LogP contribution in [0.3, 0.4) is 0 Å². The minimum atomic E-state index is -4.22. The Labute approximate surface area is 137 Å². The first-order valence-corrected chi connectivity index (χ1v) is 8.38. The average molecular weight is 354 g/mol. The Kier molecular flexibility index (Phi) is 5.14. The van der Waals surface area contributed by atoms with E-state index < -0.39 is 32.8 Å². The smallest absolute Gasteiger partial charge is 0.405 e. The third kappa shape index (κ3) is 3.68. The molecule has 2 N–H and O–H groups in total. The number of hydrogen-bond acceptors (Lipinski definition) is 7. The number of nitrogens with zero attached hydrogens (tertiary/aromatic N) is 3. The van der Waals surface area contributed by atoms with Crippen molar-refractivity contribution in [2.24, 2.45) is 0 Å². The molecule has 0 saturated heterocycles.